The predicted octanol–water partition coefficient (Wildman–Crippen LogP) is 3.56. The lowest BCUT2D eigenvalue weighted by Gasteiger charge is -2.10. The Balaban J connectivity index is 1.96. The average molecular weight is 378 g/mol. The molecule has 0 aliphatic rings. The summed E-state index contributed by atoms with van der Waals surface area (Å²) < 4.78 is 10.7. The molecule has 0 fully saturated rings. The maximum absolute atomic E-state index is 12.1. The lowest BCUT2D eigenvalue weighted by Crippen LogP contribution is -2.21. The molecular formula is C17H16BrNO4. The van der Waals surface area contributed by atoms with E-state index in [-0.39, 0.29) is 6.61 Å². The lowest BCUT2D eigenvalue weighted by atomic mass is 10.2. The van der Waals surface area contributed by atoms with Gasteiger partial charge in [0.2, 0.25) is 0 Å². The molecule has 0 saturated carbocycles. The molecule has 0 saturated heterocycles. The Kier molecular flexibility index (Phi) is 5.76. The number of anilines is 1. The van der Waals surface area contributed by atoms with E-state index < -0.39 is 11.9 Å². The summed E-state index contributed by atoms with van der Waals surface area (Å²) >= 11 is 3.27. The fourth-order valence-electron chi connectivity index (χ4n) is 1.90. The maximum atomic E-state index is 12.1. The Labute approximate surface area is 142 Å². The van der Waals surface area contributed by atoms with Crippen LogP contribution >= 0.6 is 15.9 Å². The Bertz CT molecular complexity index is 730. The topological polar surface area (TPSA) is 64.6 Å². The first kappa shape index (κ1) is 17.0. The number of methoxy groups -OCH3 is 1. The molecule has 0 radical (unpaired) electrons. The fraction of sp³-hybridized carbons (Fsp3) is 0.176. The highest BCUT2D eigenvalue weighted by Crippen LogP contribution is 2.23. The third kappa shape index (κ3) is 4.56. The summed E-state index contributed by atoms with van der Waals surface area (Å²) in [6, 6.07) is 12.3. The summed E-state index contributed by atoms with van der Waals surface area (Å²) in [6.07, 6.45) is 0. The number of rotatable bonds is 5. The number of para-hydroxylation sites is 1. The Morgan fingerprint density at radius 2 is 1.91 bits per heavy atom. The fourth-order valence-corrected chi connectivity index (χ4v) is 2.30. The van der Waals surface area contributed by atoms with Crippen LogP contribution in [0.2, 0.25) is 0 Å². The Morgan fingerprint density at radius 3 is 2.61 bits per heavy atom. The highest BCUT2D eigenvalue weighted by molar-refractivity contribution is 9.10. The first-order chi connectivity index (χ1) is 11.0. The smallest absolute Gasteiger partial charge is 0.339 e. The zero-order valence-electron chi connectivity index (χ0n) is 12.8. The standard InChI is InChI=1S/C17H16BrNO4/c1-11-5-3-4-6-15(11)19-16(20)10-23-17(21)13-9-12(22-2)7-8-14(13)18/h3-9H,10H2,1-2H3,(H,19,20). The number of halogens is 1. The Hall–Kier alpha value is -2.34. The summed E-state index contributed by atoms with van der Waals surface area (Å²) in [5.41, 5.74) is 1.92. The van der Waals surface area contributed by atoms with Gasteiger partial charge in [-0.25, -0.2) is 4.79 Å². The monoisotopic (exact) mass is 377 g/mol. The van der Waals surface area contributed by atoms with Gasteiger partial charge in [0.25, 0.3) is 5.91 Å². The van der Waals surface area contributed by atoms with Gasteiger partial charge in [0, 0.05) is 10.2 Å². The summed E-state index contributed by atoms with van der Waals surface area (Å²) in [5, 5.41) is 2.70. The zero-order chi connectivity index (χ0) is 16.8. The second kappa shape index (κ2) is 7.78. The van der Waals surface area contributed by atoms with Crippen molar-refractivity contribution in [1.82, 2.24) is 0 Å². The van der Waals surface area contributed by atoms with E-state index in [1.807, 2.05) is 25.1 Å². The van der Waals surface area contributed by atoms with Crippen molar-refractivity contribution >= 4 is 33.5 Å². The average Bonchev–Trinajstić information content (AvgIpc) is 2.55. The first-order valence-electron chi connectivity index (χ1n) is 6.87. The molecule has 0 unspecified atom stereocenters. The van der Waals surface area contributed by atoms with Crippen LogP contribution in [0.3, 0.4) is 0 Å². The van der Waals surface area contributed by atoms with E-state index in [0.29, 0.717) is 21.5 Å². The van der Waals surface area contributed by atoms with E-state index in [1.165, 1.54) is 7.11 Å². The van der Waals surface area contributed by atoms with Gasteiger partial charge in [0.15, 0.2) is 6.61 Å². The summed E-state index contributed by atoms with van der Waals surface area (Å²) in [4.78, 5) is 24.0. The van der Waals surface area contributed by atoms with Crippen LogP contribution in [0.1, 0.15) is 15.9 Å². The van der Waals surface area contributed by atoms with Gasteiger partial charge in [-0.2, -0.15) is 0 Å². The molecule has 2 rings (SSSR count). The summed E-state index contributed by atoms with van der Waals surface area (Å²) in [5.74, 6) is -0.466. The SMILES string of the molecule is COc1ccc(Br)c(C(=O)OCC(=O)Nc2ccccc2C)c1. The number of benzene rings is 2. The van der Waals surface area contributed by atoms with Crippen LogP contribution in [0.4, 0.5) is 5.69 Å². The van der Waals surface area contributed by atoms with Crippen molar-refractivity contribution in [3.05, 3.63) is 58.1 Å². The second-order valence-corrected chi connectivity index (χ2v) is 5.64. The molecule has 1 amide bonds. The number of hydrogen-bond donors (Lipinski definition) is 1. The van der Waals surface area contributed by atoms with E-state index >= 15 is 0 Å². The van der Waals surface area contributed by atoms with Crippen molar-refractivity contribution in [1.29, 1.82) is 0 Å². The minimum absolute atomic E-state index is 0.299. The van der Waals surface area contributed by atoms with E-state index in [0.717, 1.165) is 5.56 Å². The number of esters is 1. The van der Waals surface area contributed by atoms with Crippen LogP contribution in [0, 0.1) is 6.92 Å². The predicted molar refractivity (Wildman–Crippen MR) is 90.8 cm³/mol. The van der Waals surface area contributed by atoms with Gasteiger partial charge < -0.3 is 14.8 Å². The molecule has 1 N–H and O–H groups in total. The zero-order valence-corrected chi connectivity index (χ0v) is 14.3. The molecule has 23 heavy (non-hydrogen) atoms. The molecule has 0 aliphatic carbocycles. The van der Waals surface area contributed by atoms with Gasteiger partial charge >= 0.3 is 5.97 Å². The summed E-state index contributed by atoms with van der Waals surface area (Å²) in [6.45, 7) is 1.52. The van der Waals surface area contributed by atoms with Gasteiger partial charge in [0.05, 0.1) is 12.7 Å². The van der Waals surface area contributed by atoms with Crippen molar-refractivity contribution in [2.45, 2.75) is 6.92 Å². The number of nitrogens with one attached hydrogen (secondary N) is 1. The Morgan fingerprint density at radius 1 is 1.17 bits per heavy atom. The molecule has 0 aromatic heterocycles. The normalized spacial score (nSPS) is 10.0. The van der Waals surface area contributed by atoms with Gasteiger partial charge in [0.1, 0.15) is 5.75 Å². The molecule has 0 aliphatic heterocycles. The van der Waals surface area contributed by atoms with Crippen LogP contribution < -0.4 is 10.1 Å². The van der Waals surface area contributed by atoms with Crippen molar-refractivity contribution in [3.8, 4) is 5.75 Å². The molecule has 0 bridgehead atoms. The first-order valence-corrected chi connectivity index (χ1v) is 7.66. The molecule has 0 atom stereocenters. The molecule has 120 valence electrons. The third-order valence-electron chi connectivity index (χ3n) is 3.15. The van der Waals surface area contributed by atoms with Crippen LogP contribution in [-0.4, -0.2) is 25.6 Å². The number of carbonyl (C=O) groups is 2. The molecule has 0 spiro atoms. The molecular weight excluding hydrogens is 362 g/mol. The number of amides is 1. The van der Waals surface area contributed by atoms with Gasteiger partial charge in [-0.15, -0.1) is 0 Å². The summed E-state index contributed by atoms with van der Waals surface area (Å²) in [7, 11) is 1.51. The lowest BCUT2D eigenvalue weighted by molar-refractivity contribution is -0.119. The highest BCUT2D eigenvalue weighted by Gasteiger charge is 2.15. The largest absolute Gasteiger partial charge is 0.497 e. The van der Waals surface area contributed by atoms with Crippen molar-refractivity contribution in [2.75, 3.05) is 19.0 Å². The third-order valence-corrected chi connectivity index (χ3v) is 3.84. The van der Waals surface area contributed by atoms with Gasteiger partial charge in [-0.05, 0) is 52.7 Å². The number of ether oxygens (including phenoxy) is 2. The van der Waals surface area contributed by atoms with Crippen LogP contribution in [-0.2, 0) is 9.53 Å². The van der Waals surface area contributed by atoms with E-state index in [9.17, 15) is 9.59 Å². The highest BCUT2D eigenvalue weighted by atomic mass is 79.9. The number of carbonyl (C=O) groups excluding carboxylic acids is 2. The second-order valence-electron chi connectivity index (χ2n) is 4.79. The molecule has 2 aromatic carbocycles. The quantitative estimate of drug-likeness (QED) is 0.809. The number of aryl methyl sites for hydroxylation is 1. The van der Waals surface area contributed by atoms with E-state index in [4.69, 9.17) is 9.47 Å². The molecule has 2 aromatic rings. The molecule has 6 heteroatoms. The van der Waals surface area contributed by atoms with Gasteiger partial charge in [-0.1, -0.05) is 18.2 Å². The van der Waals surface area contributed by atoms with Gasteiger partial charge in [-0.3, -0.25) is 4.79 Å². The minimum atomic E-state index is -0.601. The molecule has 0 heterocycles. The van der Waals surface area contributed by atoms with Crippen molar-refractivity contribution < 1.29 is 19.1 Å². The van der Waals surface area contributed by atoms with Crippen LogP contribution in [0.5, 0.6) is 5.75 Å². The number of hydrogen-bond acceptors (Lipinski definition) is 4. The maximum Gasteiger partial charge on any atom is 0.339 e. The van der Waals surface area contributed by atoms with Crippen molar-refractivity contribution in [3.63, 3.8) is 0 Å². The molecule has 5 nitrogen and oxygen atoms in total. The van der Waals surface area contributed by atoms with Crippen LogP contribution in [0.25, 0.3) is 0 Å². The van der Waals surface area contributed by atoms with Crippen molar-refractivity contribution in [2.24, 2.45) is 0 Å². The van der Waals surface area contributed by atoms with E-state index in [1.54, 1.807) is 24.3 Å². The van der Waals surface area contributed by atoms with Crippen LogP contribution in [0.15, 0.2) is 46.9 Å². The van der Waals surface area contributed by atoms with E-state index in [2.05, 4.69) is 21.2 Å². The minimum Gasteiger partial charge on any atom is -0.497 e.